The van der Waals surface area contributed by atoms with E-state index in [1.807, 2.05) is 0 Å². The van der Waals surface area contributed by atoms with Crippen molar-refractivity contribution in [1.29, 1.82) is 0 Å². The van der Waals surface area contributed by atoms with Crippen LogP contribution in [-0.2, 0) is 0 Å². The molecule has 9 aromatic carbocycles. The minimum absolute atomic E-state index is 1.16. The van der Waals surface area contributed by atoms with Crippen molar-refractivity contribution in [1.82, 2.24) is 9.13 Å². The van der Waals surface area contributed by atoms with Crippen molar-refractivity contribution in [2.24, 2.45) is 0 Å². The first-order valence-electron chi connectivity index (χ1n) is 18.7. The van der Waals surface area contributed by atoms with E-state index in [1.54, 1.807) is 0 Å². The molecule has 11 aromatic rings. The number of aromatic nitrogens is 2. The van der Waals surface area contributed by atoms with Gasteiger partial charge in [-0.2, -0.15) is 0 Å². The Morgan fingerprint density at radius 3 is 1.65 bits per heavy atom. The molecule has 0 spiro atoms. The van der Waals surface area contributed by atoms with Crippen molar-refractivity contribution in [3.63, 3.8) is 0 Å². The van der Waals surface area contributed by atoms with E-state index >= 15 is 0 Å². The average molecular weight is 685 g/mol. The third-order valence-electron chi connectivity index (χ3n) is 11.6. The van der Waals surface area contributed by atoms with Gasteiger partial charge in [-0.1, -0.05) is 133 Å². The van der Waals surface area contributed by atoms with E-state index in [0.29, 0.717) is 0 Å². The number of benzene rings is 9. The SMILES string of the molecule is c1ccc(-c2cccc(-n3c4ccccc4c4cc(-c5ccc6c(c5)c5cccc7c5n6-c5ccccc5-c5cc6ccccc6cc5-7)ccc43)c2)cc1. The molecule has 2 nitrogen and oxygen atoms in total. The number of rotatable bonds is 3. The highest BCUT2D eigenvalue weighted by molar-refractivity contribution is 6.18. The third kappa shape index (κ3) is 4.17. The van der Waals surface area contributed by atoms with Crippen molar-refractivity contribution in [3.05, 3.63) is 194 Å². The minimum Gasteiger partial charge on any atom is -0.309 e. The fraction of sp³-hybridized carbons (Fsp3) is 0. The van der Waals surface area contributed by atoms with Gasteiger partial charge in [0.25, 0.3) is 0 Å². The van der Waals surface area contributed by atoms with Crippen molar-refractivity contribution < 1.29 is 0 Å². The molecule has 2 heteroatoms. The van der Waals surface area contributed by atoms with E-state index in [4.69, 9.17) is 0 Å². The Kier molecular flexibility index (Phi) is 6.09. The van der Waals surface area contributed by atoms with Gasteiger partial charge in [0.1, 0.15) is 0 Å². The molecular weight excluding hydrogens is 653 g/mol. The largest absolute Gasteiger partial charge is 0.309 e. The Bertz CT molecular complexity index is 3320. The summed E-state index contributed by atoms with van der Waals surface area (Å²) in [7, 11) is 0. The molecule has 2 aromatic heterocycles. The standard InChI is InChI=1S/C52H32N2/c1-2-12-33(13-3-1)34-16-10-17-39(28-34)53-48-22-8-7-19-41(48)46-31-37(24-26-50(46)53)38-25-27-51-47(32-38)43-21-11-20-42-45-30-36-15-5-4-14-35(36)29-44(45)40-18-6-9-23-49(40)54(51)52(42)43/h1-32H. The van der Waals surface area contributed by atoms with Gasteiger partial charge < -0.3 is 9.13 Å². The predicted molar refractivity (Wildman–Crippen MR) is 228 cm³/mol. The second-order valence-corrected chi connectivity index (χ2v) is 14.5. The third-order valence-corrected chi connectivity index (χ3v) is 11.6. The van der Waals surface area contributed by atoms with Gasteiger partial charge in [0, 0.05) is 38.4 Å². The maximum absolute atomic E-state index is 2.50. The summed E-state index contributed by atoms with van der Waals surface area (Å²) >= 11 is 0. The molecule has 0 atom stereocenters. The van der Waals surface area contributed by atoms with E-state index in [9.17, 15) is 0 Å². The summed E-state index contributed by atoms with van der Waals surface area (Å²) in [6, 6.07) is 71.6. The number of fused-ring (bicyclic) bond motifs is 12. The molecule has 54 heavy (non-hydrogen) atoms. The smallest absolute Gasteiger partial charge is 0.0619 e. The number of para-hydroxylation sites is 3. The molecule has 1 aliphatic heterocycles. The molecule has 0 saturated heterocycles. The van der Waals surface area contributed by atoms with Crippen LogP contribution in [-0.4, -0.2) is 9.13 Å². The molecule has 0 radical (unpaired) electrons. The van der Waals surface area contributed by atoms with E-state index < -0.39 is 0 Å². The van der Waals surface area contributed by atoms with Crippen LogP contribution in [0.4, 0.5) is 0 Å². The summed E-state index contributed by atoms with van der Waals surface area (Å²) in [4.78, 5) is 0. The van der Waals surface area contributed by atoms with Crippen molar-refractivity contribution in [2.75, 3.05) is 0 Å². The minimum atomic E-state index is 1.16. The fourth-order valence-electron chi connectivity index (χ4n) is 9.18. The van der Waals surface area contributed by atoms with Gasteiger partial charge >= 0.3 is 0 Å². The lowest BCUT2D eigenvalue weighted by molar-refractivity contribution is 1.18. The van der Waals surface area contributed by atoms with Crippen LogP contribution in [0.1, 0.15) is 0 Å². The number of hydrogen-bond acceptors (Lipinski definition) is 0. The highest BCUT2D eigenvalue weighted by atomic mass is 15.0. The summed E-state index contributed by atoms with van der Waals surface area (Å²) < 4.78 is 4.92. The van der Waals surface area contributed by atoms with Crippen molar-refractivity contribution in [2.45, 2.75) is 0 Å². The molecule has 1 aliphatic rings. The quantitative estimate of drug-likeness (QED) is 0.175. The lowest BCUT2D eigenvalue weighted by Crippen LogP contribution is -1.95. The van der Waals surface area contributed by atoms with E-state index in [2.05, 4.69) is 203 Å². The first-order valence-corrected chi connectivity index (χ1v) is 18.7. The van der Waals surface area contributed by atoms with Crippen LogP contribution in [0.5, 0.6) is 0 Å². The lowest BCUT2D eigenvalue weighted by atomic mass is 9.91. The summed E-state index contributed by atoms with van der Waals surface area (Å²) in [5.41, 5.74) is 17.2. The number of nitrogens with zero attached hydrogens (tertiary/aromatic N) is 2. The van der Waals surface area contributed by atoms with Crippen LogP contribution in [0.25, 0.3) is 110 Å². The van der Waals surface area contributed by atoms with Gasteiger partial charge in [0.05, 0.1) is 27.8 Å². The first-order chi connectivity index (χ1) is 26.8. The zero-order valence-electron chi connectivity index (χ0n) is 29.4. The van der Waals surface area contributed by atoms with Crippen LogP contribution in [0.15, 0.2) is 194 Å². The van der Waals surface area contributed by atoms with Gasteiger partial charge in [-0.25, -0.2) is 0 Å². The fourth-order valence-corrected chi connectivity index (χ4v) is 9.18. The molecule has 0 fully saturated rings. The van der Waals surface area contributed by atoms with E-state index in [1.165, 1.54) is 105 Å². The molecule has 3 heterocycles. The van der Waals surface area contributed by atoms with Gasteiger partial charge in [0.2, 0.25) is 0 Å². The summed E-state index contributed by atoms with van der Waals surface area (Å²) in [6.45, 7) is 0. The van der Waals surface area contributed by atoms with Gasteiger partial charge in [0.15, 0.2) is 0 Å². The lowest BCUT2D eigenvalue weighted by Gasteiger charge is -2.13. The summed E-state index contributed by atoms with van der Waals surface area (Å²) in [5, 5.41) is 7.58. The van der Waals surface area contributed by atoms with Crippen molar-refractivity contribution in [3.8, 4) is 55.9 Å². The Balaban J connectivity index is 1.06. The zero-order chi connectivity index (χ0) is 35.3. The Labute approximate surface area is 312 Å². The van der Waals surface area contributed by atoms with Crippen LogP contribution in [0.3, 0.4) is 0 Å². The van der Waals surface area contributed by atoms with Crippen LogP contribution in [0.2, 0.25) is 0 Å². The highest BCUT2D eigenvalue weighted by Crippen LogP contribution is 2.48. The van der Waals surface area contributed by atoms with Gasteiger partial charge in [-0.3, -0.25) is 0 Å². The Morgan fingerprint density at radius 1 is 0.278 bits per heavy atom. The number of hydrogen-bond donors (Lipinski definition) is 0. The highest BCUT2D eigenvalue weighted by Gasteiger charge is 2.25. The van der Waals surface area contributed by atoms with Gasteiger partial charge in [-0.15, -0.1) is 0 Å². The molecule has 0 N–H and O–H groups in total. The molecule has 0 saturated carbocycles. The Hall–Kier alpha value is -7.16. The normalized spacial score (nSPS) is 12.1. The second kappa shape index (κ2) is 11.2. The maximum atomic E-state index is 2.50. The monoisotopic (exact) mass is 684 g/mol. The van der Waals surface area contributed by atoms with Crippen molar-refractivity contribution >= 4 is 54.4 Å². The topological polar surface area (TPSA) is 9.86 Å². The predicted octanol–water partition coefficient (Wildman–Crippen LogP) is 14.0. The summed E-state index contributed by atoms with van der Waals surface area (Å²) in [5.74, 6) is 0. The molecular formula is C52H32N2. The van der Waals surface area contributed by atoms with Gasteiger partial charge in [-0.05, 0) is 105 Å². The Morgan fingerprint density at radius 2 is 0.833 bits per heavy atom. The van der Waals surface area contributed by atoms with E-state index in [0.717, 1.165) is 5.69 Å². The molecule has 12 rings (SSSR count). The second-order valence-electron chi connectivity index (χ2n) is 14.5. The van der Waals surface area contributed by atoms with Crippen LogP contribution >= 0.6 is 0 Å². The molecule has 0 aliphatic carbocycles. The van der Waals surface area contributed by atoms with Crippen LogP contribution in [0, 0.1) is 0 Å². The maximum Gasteiger partial charge on any atom is 0.0619 e. The first kappa shape index (κ1) is 29.4. The molecule has 0 amide bonds. The molecule has 250 valence electrons. The van der Waals surface area contributed by atoms with Crippen LogP contribution < -0.4 is 0 Å². The molecule has 0 unspecified atom stereocenters. The molecule has 0 bridgehead atoms. The summed E-state index contributed by atoms with van der Waals surface area (Å²) in [6.07, 6.45) is 0. The average Bonchev–Trinajstić information content (AvgIpc) is 3.72. The van der Waals surface area contributed by atoms with E-state index in [-0.39, 0.29) is 0 Å². The zero-order valence-corrected chi connectivity index (χ0v) is 29.4.